The summed E-state index contributed by atoms with van der Waals surface area (Å²) in [5.74, 6) is -1.44. The third-order valence-corrected chi connectivity index (χ3v) is 4.61. The molecule has 1 aliphatic heterocycles. The van der Waals surface area contributed by atoms with Crippen LogP contribution in [-0.2, 0) is 9.53 Å². The number of hydrogen-bond acceptors (Lipinski definition) is 5. The number of non-ortho nitro benzene ring substituents is 1. The van der Waals surface area contributed by atoms with E-state index in [4.69, 9.17) is 4.74 Å². The molecular weight excluding hydrogens is 330 g/mol. The highest BCUT2D eigenvalue weighted by atomic mass is 16.6. The molecule has 3 N–H and O–H groups in total. The van der Waals surface area contributed by atoms with E-state index in [9.17, 15) is 24.8 Å². The zero-order valence-corrected chi connectivity index (χ0v) is 13.3. The predicted molar refractivity (Wildman–Crippen MR) is 87.4 cm³/mol. The monoisotopic (exact) mass is 347 g/mol. The van der Waals surface area contributed by atoms with Crippen LogP contribution in [-0.4, -0.2) is 46.6 Å². The lowest BCUT2D eigenvalue weighted by Crippen LogP contribution is -2.46. The van der Waals surface area contributed by atoms with E-state index in [0.29, 0.717) is 37.0 Å². The number of aromatic nitrogens is 1. The Morgan fingerprint density at radius 1 is 1.36 bits per heavy atom. The van der Waals surface area contributed by atoms with Crippen molar-refractivity contribution in [3.63, 3.8) is 0 Å². The number of carboxylic acids is 1. The number of hydrogen-bond donors (Lipinski definition) is 3. The molecule has 1 aromatic heterocycles. The van der Waals surface area contributed by atoms with Crippen LogP contribution in [0.15, 0.2) is 24.4 Å². The summed E-state index contributed by atoms with van der Waals surface area (Å²) in [6.45, 7) is 0.648. The molecule has 1 fully saturated rings. The van der Waals surface area contributed by atoms with Gasteiger partial charge in [0.15, 0.2) is 0 Å². The lowest BCUT2D eigenvalue weighted by Gasteiger charge is -2.33. The first-order valence-corrected chi connectivity index (χ1v) is 7.78. The predicted octanol–water partition coefficient (Wildman–Crippen LogP) is 1.69. The van der Waals surface area contributed by atoms with Gasteiger partial charge in [0, 0.05) is 49.0 Å². The largest absolute Gasteiger partial charge is 0.481 e. The molecule has 25 heavy (non-hydrogen) atoms. The maximum atomic E-state index is 12.5. The van der Waals surface area contributed by atoms with Gasteiger partial charge in [-0.1, -0.05) is 0 Å². The Morgan fingerprint density at radius 3 is 2.72 bits per heavy atom. The van der Waals surface area contributed by atoms with Crippen LogP contribution in [0.2, 0.25) is 0 Å². The number of nitro groups is 1. The summed E-state index contributed by atoms with van der Waals surface area (Å²) in [7, 11) is 0. The van der Waals surface area contributed by atoms with E-state index in [0.717, 1.165) is 0 Å². The van der Waals surface area contributed by atoms with Gasteiger partial charge in [0.25, 0.3) is 11.6 Å². The lowest BCUT2D eigenvalue weighted by atomic mass is 9.80. The molecule has 9 heteroatoms. The van der Waals surface area contributed by atoms with E-state index >= 15 is 0 Å². The Kier molecular flexibility index (Phi) is 4.41. The van der Waals surface area contributed by atoms with Crippen LogP contribution < -0.4 is 5.32 Å². The van der Waals surface area contributed by atoms with Gasteiger partial charge in [-0.3, -0.25) is 19.7 Å². The van der Waals surface area contributed by atoms with Gasteiger partial charge in [0.2, 0.25) is 0 Å². The molecule has 0 spiro atoms. The first-order valence-electron chi connectivity index (χ1n) is 7.78. The molecule has 2 aromatic rings. The van der Waals surface area contributed by atoms with Crippen molar-refractivity contribution in [1.82, 2.24) is 10.3 Å². The van der Waals surface area contributed by atoms with Gasteiger partial charge in [-0.25, -0.2) is 0 Å². The number of aromatic amines is 1. The SMILES string of the molecule is O=C(NCC1(C(=O)O)CCOCC1)c1c[nH]c2ccc([N+](=O)[O-])cc12. The number of ether oxygens (including phenoxy) is 1. The number of carboxylic acid groups (broad SMARTS) is 1. The van der Waals surface area contributed by atoms with Gasteiger partial charge in [-0.2, -0.15) is 0 Å². The van der Waals surface area contributed by atoms with Crippen molar-refractivity contribution < 1.29 is 24.4 Å². The van der Waals surface area contributed by atoms with Crippen LogP contribution in [0.4, 0.5) is 5.69 Å². The van der Waals surface area contributed by atoms with Crippen molar-refractivity contribution >= 4 is 28.5 Å². The number of aliphatic carboxylic acids is 1. The fraction of sp³-hybridized carbons (Fsp3) is 0.375. The molecule has 0 aliphatic carbocycles. The zero-order chi connectivity index (χ0) is 18.0. The van der Waals surface area contributed by atoms with Crippen LogP contribution in [0.3, 0.4) is 0 Å². The highest BCUT2D eigenvalue weighted by molar-refractivity contribution is 6.07. The van der Waals surface area contributed by atoms with Crippen molar-refractivity contribution in [3.05, 3.63) is 40.1 Å². The zero-order valence-electron chi connectivity index (χ0n) is 13.3. The molecule has 0 radical (unpaired) electrons. The molecule has 3 rings (SSSR count). The molecule has 1 amide bonds. The molecule has 0 saturated carbocycles. The second-order valence-corrected chi connectivity index (χ2v) is 6.07. The Hall–Kier alpha value is -2.94. The normalized spacial score (nSPS) is 16.5. The third kappa shape index (κ3) is 3.18. The molecular formula is C16H17N3O6. The number of fused-ring (bicyclic) bond motifs is 1. The van der Waals surface area contributed by atoms with Gasteiger partial charge in [0.05, 0.1) is 15.9 Å². The van der Waals surface area contributed by atoms with Crippen molar-refractivity contribution in [3.8, 4) is 0 Å². The van der Waals surface area contributed by atoms with Crippen molar-refractivity contribution in [2.45, 2.75) is 12.8 Å². The number of carbonyl (C=O) groups excluding carboxylic acids is 1. The Bertz CT molecular complexity index is 838. The molecule has 2 heterocycles. The average molecular weight is 347 g/mol. The Morgan fingerprint density at radius 2 is 2.08 bits per heavy atom. The fourth-order valence-corrected chi connectivity index (χ4v) is 2.98. The van der Waals surface area contributed by atoms with E-state index in [2.05, 4.69) is 10.3 Å². The summed E-state index contributed by atoms with van der Waals surface area (Å²) in [6, 6.07) is 4.20. The van der Waals surface area contributed by atoms with E-state index < -0.39 is 22.2 Å². The van der Waals surface area contributed by atoms with E-state index in [1.807, 2.05) is 0 Å². The highest BCUT2D eigenvalue weighted by Crippen LogP contribution is 2.30. The summed E-state index contributed by atoms with van der Waals surface area (Å²) in [4.78, 5) is 37.4. The van der Waals surface area contributed by atoms with Crippen LogP contribution in [0.5, 0.6) is 0 Å². The highest BCUT2D eigenvalue weighted by Gasteiger charge is 2.40. The van der Waals surface area contributed by atoms with Gasteiger partial charge in [0.1, 0.15) is 0 Å². The van der Waals surface area contributed by atoms with Crippen LogP contribution in [0, 0.1) is 15.5 Å². The van der Waals surface area contributed by atoms with Gasteiger partial charge in [-0.15, -0.1) is 0 Å². The average Bonchev–Trinajstić information content (AvgIpc) is 3.03. The standard InChI is InChI=1S/C16H17N3O6/c20-14(18-9-16(15(21)22)3-5-25-6-4-16)12-8-17-13-2-1-10(19(23)24)7-11(12)13/h1-2,7-8,17H,3-6,9H2,(H,18,20)(H,21,22). The summed E-state index contributed by atoms with van der Waals surface area (Å²) in [5, 5.41) is 23.5. The molecule has 0 atom stereocenters. The Balaban J connectivity index is 1.81. The molecule has 132 valence electrons. The number of rotatable bonds is 5. The minimum Gasteiger partial charge on any atom is -0.481 e. The van der Waals surface area contributed by atoms with Crippen molar-refractivity contribution in [2.24, 2.45) is 5.41 Å². The number of benzene rings is 1. The molecule has 0 unspecified atom stereocenters. The second kappa shape index (κ2) is 6.52. The number of nitrogens with one attached hydrogen (secondary N) is 2. The summed E-state index contributed by atoms with van der Waals surface area (Å²) < 4.78 is 5.20. The smallest absolute Gasteiger partial charge is 0.311 e. The molecule has 1 aromatic carbocycles. The molecule has 1 aliphatic rings. The number of nitrogens with zero attached hydrogens (tertiary/aromatic N) is 1. The van der Waals surface area contributed by atoms with E-state index in [1.165, 1.54) is 24.4 Å². The van der Waals surface area contributed by atoms with Crippen LogP contribution in [0.1, 0.15) is 23.2 Å². The summed E-state index contributed by atoms with van der Waals surface area (Å²) >= 11 is 0. The third-order valence-electron chi connectivity index (χ3n) is 4.61. The molecule has 0 bridgehead atoms. The van der Waals surface area contributed by atoms with Crippen molar-refractivity contribution in [2.75, 3.05) is 19.8 Å². The Labute approximate surface area is 142 Å². The quantitative estimate of drug-likeness (QED) is 0.556. The van der Waals surface area contributed by atoms with E-state index in [-0.39, 0.29) is 17.8 Å². The van der Waals surface area contributed by atoms with Crippen LogP contribution >= 0.6 is 0 Å². The maximum absolute atomic E-state index is 12.5. The van der Waals surface area contributed by atoms with Gasteiger partial charge in [-0.05, 0) is 18.9 Å². The topological polar surface area (TPSA) is 135 Å². The van der Waals surface area contributed by atoms with Gasteiger partial charge < -0.3 is 20.1 Å². The number of H-pyrrole nitrogens is 1. The maximum Gasteiger partial charge on any atom is 0.311 e. The first kappa shape index (κ1) is 16.9. The summed E-state index contributed by atoms with van der Waals surface area (Å²) in [6.07, 6.45) is 2.10. The number of nitro benzene ring substituents is 1. The fourth-order valence-electron chi connectivity index (χ4n) is 2.98. The van der Waals surface area contributed by atoms with E-state index in [1.54, 1.807) is 0 Å². The molecule has 1 saturated heterocycles. The van der Waals surface area contributed by atoms with Gasteiger partial charge >= 0.3 is 5.97 Å². The van der Waals surface area contributed by atoms with Crippen molar-refractivity contribution in [1.29, 1.82) is 0 Å². The minimum atomic E-state index is -1.05. The second-order valence-electron chi connectivity index (χ2n) is 6.07. The van der Waals surface area contributed by atoms with Crippen LogP contribution in [0.25, 0.3) is 10.9 Å². The molecule has 9 nitrogen and oxygen atoms in total. The first-order chi connectivity index (χ1) is 11.9. The number of carbonyl (C=O) groups is 2. The lowest BCUT2D eigenvalue weighted by molar-refractivity contribution is -0.384. The number of amides is 1. The summed E-state index contributed by atoms with van der Waals surface area (Å²) in [5.41, 5.74) is -0.333. The minimum absolute atomic E-state index is 0.0217.